The van der Waals surface area contributed by atoms with Gasteiger partial charge in [0.15, 0.2) is 0 Å². The summed E-state index contributed by atoms with van der Waals surface area (Å²) in [4.78, 5) is 2.44. The standard InChI is InChI=1S/C14H21BrN2/c1-10-8-12(4-5-14(10)15)16-13-6-7-17(3)11(2)9-13/h4-5,8,11,13,16H,6-7,9H2,1-3H3. The highest BCUT2D eigenvalue weighted by Crippen LogP contribution is 2.23. The second-order valence-corrected chi connectivity index (χ2v) is 6.01. The van der Waals surface area contributed by atoms with Gasteiger partial charge in [-0.3, -0.25) is 0 Å². The van der Waals surface area contributed by atoms with Gasteiger partial charge in [-0.2, -0.15) is 0 Å². The SMILES string of the molecule is Cc1cc(NC2CCN(C)C(C)C2)ccc1Br. The van der Waals surface area contributed by atoms with Crippen LogP contribution in [0.1, 0.15) is 25.3 Å². The Morgan fingerprint density at radius 1 is 1.41 bits per heavy atom. The Hall–Kier alpha value is -0.540. The average molecular weight is 297 g/mol. The molecule has 1 aromatic carbocycles. The van der Waals surface area contributed by atoms with E-state index in [0.717, 1.165) is 0 Å². The van der Waals surface area contributed by atoms with Gasteiger partial charge in [-0.1, -0.05) is 15.9 Å². The van der Waals surface area contributed by atoms with Gasteiger partial charge in [0, 0.05) is 28.8 Å². The minimum Gasteiger partial charge on any atom is -0.382 e. The van der Waals surface area contributed by atoms with Crippen molar-refractivity contribution in [2.75, 3.05) is 18.9 Å². The van der Waals surface area contributed by atoms with E-state index in [-0.39, 0.29) is 0 Å². The van der Waals surface area contributed by atoms with Gasteiger partial charge in [-0.15, -0.1) is 0 Å². The first kappa shape index (κ1) is 12.9. The molecule has 0 bridgehead atoms. The summed E-state index contributed by atoms with van der Waals surface area (Å²) in [7, 11) is 2.21. The van der Waals surface area contributed by atoms with Crippen LogP contribution in [0.15, 0.2) is 22.7 Å². The van der Waals surface area contributed by atoms with Crippen LogP contribution in [0.3, 0.4) is 0 Å². The van der Waals surface area contributed by atoms with Crippen molar-refractivity contribution in [2.45, 2.75) is 38.8 Å². The van der Waals surface area contributed by atoms with Gasteiger partial charge in [0.25, 0.3) is 0 Å². The van der Waals surface area contributed by atoms with Gasteiger partial charge in [0.1, 0.15) is 0 Å². The Labute approximate surface area is 113 Å². The summed E-state index contributed by atoms with van der Waals surface area (Å²) in [6, 6.07) is 7.78. The van der Waals surface area contributed by atoms with Crippen LogP contribution in [0.5, 0.6) is 0 Å². The van der Waals surface area contributed by atoms with E-state index in [9.17, 15) is 0 Å². The molecule has 1 aliphatic rings. The minimum absolute atomic E-state index is 0.613. The smallest absolute Gasteiger partial charge is 0.0345 e. The molecular weight excluding hydrogens is 276 g/mol. The Kier molecular flexibility index (Phi) is 4.10. The maximum absolute atomic E-state index is 3.65. The molecule has 2 rings (SSSR count). The molecule has 1 aromatic rings. The zero-order valence-electron chi connectivity index (χ0n) is 10.8. The van der Waals surface area contributed by atoms with Gasteiger partial charge >= 0.3 is 0 Å². The molecule has 2 unspecified atom stereocenters. The van der Waals surface area contributed by atoms with Crippen LogP contribution in [0.4, 0.5) is 5.69 Å². The van der Waals surface area contributed by atoms with Crippen molar-refractivity contribution in [3.63, 3.8) is 0 Å². The number of aryl methyl sites for hydroxylation is 1. The molecule has 1 aliphatic heterocycles. The lowest BCUT2D eigenvalue weighted by Gasteiger charge is -2.35. The first-order chi connectivity index (χ1) is 8.06. The number of anilines is 1. The molecule has 1 heterocycles. The largest absolute Gasteiger partial charge is 0.382 e. The summed E-state index contributed by atoms with van der Waals surface area (Å²) in [5.74, 6) is 0. The van der Waals surface area contributed by atoms with E-state index in [4.69, 9.17) is 0 Å². The molecule has 1 saturated heterocycles. The highest BCUT2D eigenvalue weighted by atomic mass is 79.9. The third-order valence-corrected chi connectivity index (χ3v) is 4.63. The van der Waals surface area contributed by atoms with Crippen molar-refractivity contribution in [3.05, 3.63) is 28.2 Å². The van der Waals surface area contributed by atoms with Crippen molar-refractivity contribution in [1.29, 1.82) is 0 Å². The Bertz CT molecular complexity index is 392. The topological polar surface area (TPSA) is 15.3 Å². The van der Waals surface area contributed by atoms with Crippen LogP contribution in [0, 0.1) is 6.92 Å². The highest BCUT2D eigenvalue weighted by Gasteiger charge is 2.22. The number of halogens is 1. The third kappa shape index (κ3) is 3.23. The first-order valence-electron chi connectivity index (χ1n) is 6.29. The molecule has 2 nitrogen and oxygen atoms in total. The summed E-state index contributed by atoms with van der Waals surface area (Å²) < 4.78 is 1.18. The van der Waals surface area contributed by atoms with Gasteiger partial charge in [-0.25, -0.2) is 0 Å². The van der Waals surface area contributed by atoms with E-state index in [1.54, 1.807) is 0 Å². The number of piperidine rings is 1. The Morgan fingerprint density at radius 2 is 2.18 bits per heavy atom. The van der Waals surface area contributed by atoms with Crippen molar-refractivity contribution in [3.8, 4) is 0 Å². The number of nitrogens with zero attached hydrogens (tertiary/aromatic N) is 1. The van der Waals surface area contributed by atoms with Crippen LogP contribution in [0.2, 0.25) is 0 Å². The monoisotopic (exact) mass is 296 g/mol. The van der Waals surface area contributed by atoms with Crippen LogP contribution in [-0.2, 0) is 0 Å². The molecule has 2 atom stereocenters. The fourth-order valence-corrected chi connectivity index (χ4v) is 2.64. The van der Waals surface area contributed by atoms with Crippen LogP contribution >= 0.6 is 15.9 Å². The molecule has 0 amide bonds. The number of nitrogens with one attached hydrogen (secondary N) is 1. The second kappa shape index (κ2) is 5.40. The summed E-state index contributed by atoms with van der Waals surface area (Å²) in [6.07, 6.45) is 2.46. The number of benzene rings is 1. The van der Waals surface area contributed by atoms with E-state index in [0.29, 0.717) is 12.1 Å². The van der Waals surface area contributed by atoms with Crippen LogP contribution < -0.4 is 5.32 Å². The van der Waals surface area contributed by atoms with E-state index in [1.807, 2.05) is 0 Å². The van der Waals surface area contributed by atoms with Gasteiger partial charge in [0.05, 0.1) is 0 Å². The number of hydrogen-bond donors (Lipinski definition) is 1. The Morgan fingerprint density at radius 3 is 2.82 bits per heavy atom. The normalized spacial score (nSPS) is 25.9. The zero-order valence-corrected chi connectivity index (χ0v) is 12.4. The van der Waals surface area contributed by atoms with Gasteiger partial charge in [0.2, 0.25) is 0 Å². The Balaban J connectivity index is 1.99. The molecule has 3 heteroatoms. The number of rotatable bonds is 2. The fraction of sp³-hybridized carbons (Fsp3) is 0.571. The van der Waals surface area contributed by atoms with E-state index < -0.39 is 0 Å². The molecule has 17 heavy (non-hydrogen) atoms. The minimum atomic E-state index is 0.613. The predicted octanol–water partition coefficient (Wildman–Crippen LogP) is 3.65. The lowest BCUT2D eigenvalue weighted by Crippen LogP contribution is -2.42. The predicted molar refractivity (Wildman–Crippen MR) is 77.6 cm³/mol. The molecule has 1 N–H and O–H groups in total. The lowest BCUT2D eigenvalue weighted by atomic mass is 9.98. The molecule has 0 aliphatic carbocycles. The molecule has 0 radical (unpaired) electrons. The van der Waals surface area contributed by atoms with E-state index in [2.05, 4.69) is 65.2 Å². The average Bonchev–Trinajstić information content (AvgIpc) is 2.29. The second-order valence-electron chi connectivity index (χ2n) is 5.16. The quantitative estimate of drug-likeness (QED) is 0.896. The van der Waals surface area contributed by atoms with Gasteiger partial charge < -0.3 is 10.2 Å². The third-order valence-electron chi connectivity index (χ3n) is 3.74. The molecule has 1 fully saturated rings. The molecule has 0 spiro atoms. The van der Waals surface area contributed by atoms with Crippen molar-refractivity contribution < 1.29 is 0 Å². The zero-order chi connectivity index (χ0) is 12.4. The summed E-state index contributed by atoms with van der Waals surface area (Å²) in [5, 5.41) is 3.65. The van der Waals surface area contributed by atoms with E-state index in [1.165, 1.54) is 35.1 Å². The van der Waals surface area contributed by atoms with E-state index >= 15 is 0 Å². The lowest BCUT2D eigenvalue weighted by molar-refractivity contribution is 0.190. The van der Waals surface area contributed by atoms with Gasteiger partial charge in [-0.05, 0) is 57.5 Å². The molecular formula is C14H21BrN2. The van der Waals surface area contributed by atoms with Crippen molar-refractivity contribution >= 4 is 21.6 Å². The maximum atomic E-state index is 3.65. The molecule has 0 saturated carbocycles. The summed E-state index contributed by atoms with van der Waals surface area (Å²) in [5.41, 5.74) is 2.53. The maximum Gasteiger partial charge on any atom is 0.0345 e. The summed E-state index contributed by atoms with van der Waals surface area (Å²) >= 11 is 3.54. The number of hydrogen-bond acceptors (Lipinski definition) is 2. The van der Waals surface area contributed by atoms with Crippen LogP contribution in [-0.4, -0.2) is 30.6 Å². The summed E-state index contributed by atoms with van der Waals surface area (Å²) in [6.45, 7) is 5.63. The van der Waals surface area contributed by atoms with Crippen molar-refractivity contribution in [1.82, 2.24) is 4.90 Å². The van der Waals surface area contributed by atoms with Crippen LogP contribution in [0.25, 0.3) is 0 Å². The molecule has 0 aromatic heterocycles. The molecule has 94 valence electrons. The number of likely N-dealkylation sites (tertiary alicyclic amines) is 1. The van der Waals surface area contributed by atoms with Crippen molar-refractivity contribution in [2.24, 2.45) is 0 Å². The highest BCUT2D eigenvalue weighted by molar-refractivity contribution is 9.10. The first-order valence-corrected chi connectivity index (χ1v) is 7.08. The fourth-order valence-electron chi connectivity index (χ4n) is 2.39.